The van der Waals surface area contributed by atoms with Gasteiger partial charge >= 0.3 is 5.97 Å². The van der Waals surface area contributed by atoms with Crippen molar-refractivity contribution in [3.63, 3.8) is 0 Å². The molecule has 4 heteroatoms. The van der Waals surface area contributed by atoms with E-state index in [4.69, 9.17) is 15.3 Å². The zero-order valence-corrected chi connectivity index (χ0v) is 9.21. The molecule has 3 N–H and O–H groups in total. The molecule has 1 unspecified atom stereocenters. The van der Waals surface area contributed by atoms with E-state index < -0.39 is 12.1 Å². The van der Waals surface area contributed by atoms with Crippen LogP contribution in [0.2, 0.25) is 0 Å². The van der Waals surface area contributed by atoms with E-state index in [1.54, 1.807) is 24.3 Å². The van der Waals surface area contributed by atoms with E-state index in [1.165, 1.54) is 6.92 Å². The van der Waals surface area contributed by atoms with Crippen LogP contribution in [0.3, 0.4) is 0 Å². The molecular formula is C12H22O4. The van der Waals surface area contributed by atoms with E-state index in [9.17, 15) is 4.79 Å². The number of hydrogen-bond donors (Lipinski definition) is 3. The highest BCUT2D eigenvalue weighted by Crippen LogP contribution is 2.02. The van der Waals surface area contributed by atoms with Gasteiger partial charge in [-0.2, -0.15) is 0 Å². The van der Waals surface area contributed by atoms with E-state index in [-0.39, 0.29) is 7.43 Å². The molecule has 0 radical (unpaired) electrons. The lowest BCUT2D eigenvalue weighted by Crippen LogP contribution is -2.13. The van der Waals surface area contributed by atoms with Crippen LogP contribution in [0.1, 0.15) is 28.2 Å². The minimum atomic E-state index is -1.23. The third kappa shape index (κ3) is 14.9. The lowest BCUT2D eigenvalue weighted by Gasteiger charge is -1.89. The highest BCUT2D eigenvalue weighted by atomic mass is 16.4. The van der Waals surface area contributed by atoms with Gasteiger partial charge in [-0.1, -0.05) is 39.5 Å². The van der Waals surface area contributed by atoms with Gasteiger partial charge in [-0.05, 0) is 19.1 Å². The highest BCUT2D eigenvalue weighted by Gasteiger charge is 2.01. The Kier molecular flexibility index (Phi) is 16.8. The van der Waals surface area contributed by atoms with Crippen molar-refractivity contribution in [1.82, 2.24) is 0 Å². The molecule has 0 bridgehead atoms. The molecule has 0 fully saturated rings. The molecule has 0 aromatic heterocycles. The molecule has 0 saturated heterocycles. The fourth-order valence-corrected chi connectivity index (χ4v) is 0.428. The first kappa shape index (κ1) is 19.9. The number of rotatable bonds is 1. The Morgan fingerprint density at radius 1 is 1.19 bits per heavy atom. The van der Waals surface area contributed by atoms with Crippen molar-refractivity contribution in [1.29, 1.82) is 0 Å². The van der Waals surface area contributed by atoms with Crippen LogP contribution < -0.4 is 0 Å². The Morgan fingerprint density at radius 3 is 1.62 bits per heavy atom. The maximum absolute atomic E-state index is 9.45. The molecule has 0 saturated carbocycles. The van der Waals surface area contributed by atoms with Crippen molar-refractivity contribution in [2.24, 2.45) is 0 Å². The van der Waals surface area contributed by atoms with Gasteiger partial charge in [0.15, 0.2) is 0 Å². The first-order valence-corrected chi connectivity index (χ1v) is 4.69. The van der Waals surface area contributed by atoms with Crippen LogP contribution in [0.15, 0.2) is 30.3 Å². The van der Waals surface area contributed by atoms with Gasteiger partial charge in [0.05, 0.1) is 0 Å². The molecule has 1 rings (SSSR count). The Bertz CT molecular complexity index is 244. The summed E-state index contributed by atoms with van der Waals surface area (Å²) in [5.41, 5.74) is 0. The van der Waals surface area contributed by atoms with Gasteiger partial charge in [-0.3, -0.25) is 0 Å². The third-order valence-electron chi connectivity index (χ3n) is 1.11. The smallest absolute Gasteiger partial charge is 0.332 e. The summed E-state index contributed by atoms with van der Waals surface area (Å²) in [5.74, 6) is -0.863. The first-order valence-electron chi connectivity index (χ1n) is 4.69. The zero-order valence-electron chi connectivity index (χ0n) is 9.21. The standard InChI is InChI=1S/C6H6O.C3H6O3.C2H6.CH4/c7-6-4-2-1-3-5-6;1-2(4)3(5)6;1-2;/h1-5,7H;2,4H,1H3,(H,5,6);1-2H3;1H4. The number of aliphatic hydroxyl groups excluding tert-OH is 1. The van der Waals surface area contributed by atoms with Crippen LogP contribution in [0, 0.1) is 0 Å². The Morgan fingerprint density at radius 2 is 1.50 bits per heavy atom. The number of aliphatic carboxylic acids is 1. The summed E-state index contributed by atoms with van der Waals surface area (Å²) in [4.78, 5) is 9.45. The number of aromatic hydroxyl groups is 1. The summed E-state index contributed by atoms with van der Waals surface area (Å²) in [6, 6.07) is 8.71. The Labute approximate surface area is 97.2 Å². The van der Waals surface area contributed by atoms with E-state index in [0.29, 0.717) is 5.75 Å². The summed E-state index contributed by atoms with van der Waals surface area (Å²) in [7, 11) is 0. The number of phenolic OH excluding ortho intramolecular Hbond substituents is 1. The number of aliphatic hydroxyl groups is 1. The SMILES string of the molecule is C.CC.CC(O)C(=O)O.Oc1ccccc1. The topological polar surface area (TPSA) is 77.8 Å². The number of hydrogen-bond acceptors (Lipinski definition) is 3. The highest BCUT2D eigenvalue weighted by molar-refractivity contribution is 5.71. The van der Waals surface area contributed by atoms with E-state index in [2.05, 4.69) is 0 Å². The number of benzene rings is 1. The van der Waals surface area contributed by atoms with Crippen LogP contribution in [0.5, 0.6) is 5.75 Å². The molecule has 0 amide bonds. The maximum atomic E-state index is 9.45. The monoisotopic (exact) mass is 230 g/mol. The summed E-state index contributed by atoms with van der Waals surface area (Å²) < 4.78 is 0. The summed E-state index contributed by atoms with van der Waals surface area (Å²) in [6.07, 6.45) is -1.23. The molecule has 16 heavy (non-hydrogen) atoms. The van der Waals surface area contributed by atoms with Gasteiger partial charge in [0.2, 0.25) is 0 Å². The number of carboxylic acids is 1. The predicted molar refractivity (Wildman–Crippen MR) is 65.5 cm³/mol. The third-order valence-corrected chi connectivity index (χ3v) is 1.11. The summed E-state index contributed by atoms with van der Waals surface area (Å²) >= 11 is 0. The van der Waals surface area contributed by atoms with Gasteiger partial charge in [0.25, 0.3) is 0 Å². The van der Waals surface area contributed by atoms with Crippen LogP contribution in [0.25, 0.3) is 0 Å². The van der Waals surface area contributed by atoms with Gasteiger partial charge < -0.3 is 15.3 Å². The molecule has 0 spiro atoms. The van der Waals surface area contributed by atoms with Crippen LogP contribution in [-0.2, 0) is 4.79 Å². The molecule has 4 nitrogen and oxygen atoms in total. The largest absolute Gasteiger partial charge is 0.508 e. The molecule has 0 aliphatic heterocycles. The van der Waals surface area contributed by atoms with Crippen LogP contribution in [-0.4, -0.2) is 27.4 Å². The lowest BCUT2D eigenvalue weighted by molar-refractivity contribution is -0.145. The fourth-order valence-electron chi connectivity index (χ4n) is 0.428. The normalized spacial score (nSPS) is 9.25. The molecule has 0 aliphatic rings. The maximum Gasteiger partial charge on any atom is 0.332 e. The molecule has 0 heterocycles. The first-order chi connectivity index (χ1) is 7.04. The number of carboxylic acid groups (broad SMARTS) is 1. The van der Waals surface area contributed by atoms with Gasteiger partial charge in [0, 0.05) is 0 Å². The number of carbonyl (C=O) groups is 1. The van der Waals surface area contributed by atoms with Gasteiger partial charge in [-0.15, -0.1) is 0 Å². The molecule has 0 aliphatic carbocycles. The van der Waals surface area contributed by atoms with Crippen molar-refractivity contribution in [2.45, 2.75) is 34.3 Å². The molecule has 94 valence electrons. The van der Waals surface area contributed by atoms with Crippen molar-refractivity contribution in [3.05, 3.63) is 30.3 Å². The predicted octanol–water partition coefficient (Wildman–Crippen LogP) is 2.51. The average Bonchev–Trinajstić information content (AvgIpc) is 2.22. The van der Waals surface area contributed by atoms with Crippen molar-refractivity contribution < 1.29 is 20.1 Å². The van der Waals surface area contributed by atoms with E-state index in [1.807, 2.05) is 19.9 Å². The second-order valence-electron chi connectivity index (χ2n) is 2.35. The minimum absolute atomic E-state index is 0. The van der Waals surface area contributed by atoms with Gasteiger partial charge in [-0.25, -0.2) is 4.79 Å². The van der Waals surface area contributed by atoms with Crippen molar-refractivity contribution in [2.75, 3.05) is 0 Å². The summed E-state index contributed by atoms with van der Waals surface area (Å²) in [5, 5.41) is 24.4. The summed E-state index contributed by atoms with van der Waals surface area (Å²) in [6.45, 7) is 5.20. The average molecular weight is 230 g/mol. The van der Waals surface area contributed by atoms with Crippen LogP contribution in [0.4, 0.5) is 0 Å². The molecule has 1 aromatic rings. The zero-order chi connectivity index (χ0) is 12.3. The second-order valence-corrected chi connectivity index (χ2v) is 2.35. The fraction of sp³-hybridized carbons (Fsp3) is 0.417. The van der Waals surface area contributed by atoms with Crippen LogP contribution >= 0.6 is 0 Å². The van der Waals surface area contributed by atoms with Crippen molar-refractivity contribution in [3.8, 4) is 5.75 Å². The Balaban J connectivity index is -0.000000175. The van der Waals surface area contributed by atoms with Crippen molar-refractivity contribution >= 4 is 5.97 Å². The Hall–Kier alpha value is -1.55. The van der Waals surface area contributed by atoms with E-state index >= 15 is 0 Å². The lowest BCUT2D eigenvalue weighted by atomic mass is 10.3. The number of para-hydroxylation sites is 1. The molecular weight excluding hydrogens is 208 g/mol. The minimum Gasteiger partial charge on any atom is -0.508 e. The van der Waals surface area contributed by atoms with E-state index in [0.717, 1.165) is 0 Å². The molecule has 1 atom stereocenters. The quantitative estimate of drug-likeness (QED) is 0.692. The molecule has 1 aromatic carbocycles. The van der Waals surface area contributed by atoms with Gasteiger partial charge in [0.1, 0.15) is 11.9 Å². The second kappa shape index (κ2) is 13.4. The number of phenols is 1.